The summed E-state index contributed by atoms with van der Waals surface area (Å²) in [4.78, 5) is 23.5. The molecular weight excluding hydrogens is 495 g/mol. The van der Waals surface area contributed by atoms with Gasteiger partial charge in [0.05, 0.1) is 18.8 Å². The number of halogens is 1. The molecule has 0 atom stereocenters. The minimum absolute atomic E-state index is 0.0524. The Balaban J connectivity index is 1.35. The van der Waals surface area contributed by atoms with E-state index in [1.165, 1.54) is 44.6 Å². The van der Waals surface area contributed by atoms with Gasteiger partial charge in [-0.3, -0.25) is 0 Å². The van der Waals surface area contributed by atoms with Crippen LogP contribution < -0.4 is 9.47 Å². The zero-order valence-electron chi connectivity index (χ0n) is 23.3. The van der Waals surface area contributed by atoms with Crippen LogP contribution in [0.3, 0.4) is 0 Å². The smallest absolute Gasteiger partial charge is 0.343 e. The maximum atomic E-state index is 14.7. The summed E-state index contributed by atoms with van der Waals surface area (Å²) in [6.07, 6.45) is 14.5. The van der Waals surface area contributed by atoms with Gasteiger partial charge in [-0.15, -0.1) is 0 Å². The van der Waals surface area contributed by atoms with Crippen molar-refractivity contribution in [3.05, 3.63) is 72.1 Å². The van der Waals surface area contributed by atoms with Gasteiger partial charge >= 0.3 is 11.9 Å². The first kappa shape index (κ1) is 30.4. The molecule has 0 aromatic heterocycles. The third-order valence-electron chi connectivity index (χ3n) is 7.51. The molecule has 0 aliphatic heterocycles. The largest absolute Gasteiger partial charge is 0.494 e. The summed E-state index contributed by atoms with van der Waals surface area (Å²) in [6, 6.07) is 11.6. The lowest BCUT2D eigenvalue weighted by atomic mass is 9.78. The predicted molar refractivity (Wildman–Crippen MR) is 152 cm³/mol. The van der Waals surface area contributed by atoms with Crippen LogP contribution in [0.2, 0.25) is 0 Å². The van der Waals surface area contributed by atoms with Crippen molar-refractivity contribution in [3.63, 3.8) is 0 Å². The van der Waals surface area contributed by atoms with Crippen molar-refractivity contribution < 1.29 is 28.2 Å². The Morgan fingerprint density at radius 2 is 1.59 bits per heavy atom. The fourth-order valence-electron chi connectivity index (χ4n) is 5.20. The van der Waals surface area contributed by atoms with E-state index in [9.17, 15) is 14.0 Å². The molecule has 0 amide bonds. The van der Waals surface area contributed by atoms with Gasteiger partial charge in [-0.1, -0.05) is 58.1 Å². The molecule has 1 saturated carbocycles. The Labute approximate surface area is 232 Å². The van der Waals surface area contributed by atoms with Gasteiger partial charge in [0.2, 0.25) is 0 Å². The molecule has 0 spiro atoms. The number of aryl methyl sites for hydroxylation is 1. The van der Waals surface area contributed by atoms with Crippen LogP contribution in [0.4, 0.5) is 4.39 Å². The van der Waals surface area contributed by atoms with E-state index in [0.29, 0.717) is 24.5 Å². The van der Waals surface area contributed by atoms with Crippen molar-refractivity contribution in [2.24, 2.45) is 11.8 Å². The third-order valence-corrected chi connectivity index (χ3v) is 7.51. The highest BCUT2D eigenvalue weighted by Crippen LogP contribution is 2.34. The molecule has 0 bridgehead atoms. The lowest BCUT2D eigenvalue weighted by Crippen LogP contribution is -2.15. The number of hydrogen-bond acceptors (Lipinski definition) is 5. The fraction of sp³-hybridized carbons (Fsp3) is 0.515. The highest BCUT2D eigenvalue weighted by atomic mass is 19.1. The van der Waals surface area contributed by atoms with Gasteiger partial charge in [0, 0.05) is 6.08 Å². The number of hydrogen-bond donors (Lipinski definition) is 0. The van der Waals surface area contributed by atoms with Gasteiger partial charge in [-0.2, -0.15) is 0 Å². The number of unbranched alkanes of at least 4 members (excludes halogenated alkanes) is 3. The van der Waals surface area contributed by atoms with Gasteiger partial charge in [0.1, 0.15) is 5.75 Å². The number of carbonyl (C=O) groups is 2. The van der Waals surface area contributed by atoms with E-state index in [4.69, 9.17) is 14.2 Å². The average Bonchev–Trinajstić information content (AvgIpc) is 2.95. The van der Waals surface area contributed by atoms with Crippen LogP contribution in [0, 0.1) is 17.7 Å². The van der Waals surface area contributed by atoms with E-state index >= 15 is 0 Å². The highest BCUT2D eigenvalue weighted by Gasteiger charge is 2.20. The van der Waals surface area contributed by atoms with E-state index < -0.39 is 17.8 Å². The van der Waals surface area contributed by atoms with Gasteiger partial charge in [0.15, 0.2) is 11.6 Å². The number of rotatable bonds is 16. The summed E-state index contributed by atoms with van der Waals surface area (Å²) in [5, 5.41) is 0. The predicted octanol–water partition coefficient (Wildman–Crippen LogP) is 8.25. The van der Waals surface area contributed by atoms with Crippen LogP contribution in [-0.2, 0) is 16.0 Å². The first-order chi connectivity index (χ1) is 19.0. The Bertz CT molecular complexity index is 1040. The molecule has 0 radical (unpaired) electrons. The number of esters is 2. The molecule has 3 rings (SSSR count). The summed E-state index contributed by atoms with van der Waals surface area (Å²) in [5.74, 6) is 0.718. The van der Waals surface area contributed by atoms with Gasteiger partial charge in [-0.05, 0) is 92.3 Å². The second kappa shape index (κ2) is 16.7. The number of ether oxygens (including phenoxy) is 3. The molecule has 6 heteroatoms. The Morgan fingerprint density at radius 3 is 2.23 bits per heavy atom. The molecule has 0 saturated heterocycles. The Hall–Kier alpha value is -3.15. The minimum Gasteiger partial charge on any atom is -0.494 e. The van der Waals surface area contributed by atoms with E-state index in [-0.39, 0.29) is 5.75 Å². The summed E-state index contributed by atoms with van der Waals surface area (Å²) >= 11 is 0. The minimum atomic E-state index is -0.603. The topological polar surface area (TPSA) is 61.8 Å². The maximum absolute atomic E-state index is 14.7. The molecule has 2 aromatic carbocycles. The summed E-state index contributed by atoms with van der Waals surface area (Å²) in [5.41, 5.74) is 1.28. The zero-order valence-corrected chi connectivity index (χ0v) is 23.3. The molecule has 0 heterocycles. The normalized spacial score (nSPS) is 16.9. The molecule has 1 aliphatic carbocycles. The van der Waals surface area contributed by atoms with E-state index in [2.05, 4.69) is 13.5 Å². The van der Waals surface area contributed by atoms with Crippen LogP contribution in [0.5, 0.6) is 11.5 Å². The maximum Gasteiger partial charge on any atom is 0.343 e. The molecule has 2 aromatic rings. The lowest BCUT2D eigenvalue weighted by Gasteiger charge is -2.28. The van der Waals surface area contributed by atoms with Crippen LogP contribution in [-0.4, -0.2) is 25.2 Å². The van der Waals surface area contributed by atoms with Crippen molar-refractivity contribution in [2.75, 3.05) is 13.2 Å². The second-order valence-electron chi connectivity index (χ2n) is 10.5. The quantitative estimate of drug-likeness (QED) is 0.0932. The monoisotopic (exact) mass is 538 g/mol. The zero-order chi connectivity index (χ0) is 27.9. The van der Waals surface area contributed by atoms with E-state index in [1.807, 2.05) is 6.07 Å². The first-order valence-corrected chi connectivity index (χ1v) is 14.5. The Kier molecular flexibility index (Phi) is 13.0. The molecule has 212 valence electrons. The second-order valence-corrected chi connectivity index (χ2v) is 10.5. The van der Waals surface area contributed by atoms with Crippen LogP contribution in [0.1, 0.15) is 93.5 Å². The summed E-state index contributed by atoms with van der Waals surface area (Å²) < 4.78 is 30.7. The van der Waals surface area contributed by atoms with E-state index in [0.717, 1.165) is 62.0 Å². The van der Waals surface area contributed by atoms with Crippen molar-refractivity contribution >= 4 is 11.9 Å². The van der Waals surface area contributed by atoms with Gasteiger partial charge in [-0.25, -0.2) is 14.0 Å². The van der Waals surface area contributed by atoms with Crippen molar-refractivity contribution in [2.45, 2.75) is 84.0 Å². The lowest BCUT2D eigenvalue weighted by molar-refractivity contribution is -0.137. The van der Waals surface area contributed by atoms with Gasteiger partial charge in [0.25, 0.3) is 0 Å². The molecule has 0 N–H and O–H groups in total. The molecule has 5 nitrogen and oxygen atoms in total. The molecule has 39 heavy (non-hydrogen) atoms. The fourth-order valence-corrected chi connectivity index (χ4v) is 5.20. The Morgan fingerprint density at radius 1 is 0.923 bits per heavy atom. The summed E-state index contributed by atoms with van der Waals surface area (Å²) in [7, 11) is 0. The van der Waals surface area contributed by atoms with Crippen LogP contribution >= 0.6 is 0 Å². The van der Waals surface area contributed by atoms with Crippen molar-refractivity contribution in [1.82, 2.24) is 0 Å². The van der Waals surface area contributed by atoms with Crippen LogP contribution in [0.15, 0.2) is 55.1 Å². The summed E-state index contributed by atoms with van der Waals surface area (Å²) in [6.45, 7) is 6.57. The molecular formula is C33H43FO5. The van der Waals surface area contributed by atoms with Crippen molar-refractivity contribution in [1.29, 1.82) is 0 Å². The molecule has 1 fully saturated rings. The van der Waals surface area contributed by atoms with Gasteiger partial charge < -0.3 is 14.2 Å². The first-order valence-electron chi connectivity index (χ1n) is 14.5. The molecule has 0 unspecified atom stereocenters. The highest BCUT2D eigenvalue weighted by molar-refractivity contribution is 5.91. The SMILES string of the molecule is C=CC(=O)OCCCCCCOc1ccc(C(=O)Oc2ccc(CCC3CCC(CCC)CC3)cc2F)cc1. The molecule has 1 aliphatic rings. The average molecular weight is 539 g/mol. The van der Waals surface area contributed by atoms with Crippen molar-refractivity contribution in [3.8, 4) is 11.5 Å². The number of carbonyl (C=O) groups excluding carboxylic acids is 2. The third kappa shape index (κ3) is 10.9. The van der Waals surface area contributed by atoms with Crippen LogP contribution in [0.25, 0.3) is 0 Å². The standard InChI is InChI=1S/C33H43FO5/c1-3-9-25-10-12-26(13-11-25)14-15-27-16-21-31(30(34)24-27)39-33(36)28-17-19-29(20-18-28)37-22-7-5-6-8-23-38-32(35)4-2/h4,16-21,24-26H,2-3,5-15,22-23H2,1H3. The number of benzene rings is 2. The van der Waals surface area contributed by atoms with E-state index in [1.54, 1.807) is 30.3 Å².